The fourth-order valence-electron chi connectivity index (χ4n) is 2.94. The van der Waals surface area contributed by atoms with Gasteiger partial charge in [-0.05, 0) is 57.9 Å². The van der Waals surface area contributed by atoms with Crippen molar-refractivity contribution < 1.29 is 0 Å². The van der Waals surface area contributed by atoms with Gasteiger partial charge in [-0.1, -0.05) is 6.92 Å². The van der Waals surface area contributed by atoms with Crippen molar-refractivity contribution in [2.24, 2.45) is 11.8 Å². The van der Waals surface area contributed by atoms with Gasteiger partial charge in [0.1, 0.15) is 0 Å². The summed E-state index contributed by atoms with van der Waals surface area (Å²) in [6.45, 7) is 10.9. The van der Waals surface area contributed by atoms with Crippen LogP contribution in [0.1, 0.15) is 46.5 Å². The van der Waals surface area contributed by atoms with Gasteiger partial charge < -0.3 is 5.32 Å². The van der Waals surface area contributed by atoms with E-state index in [0.717, 1.165) is 23.9 Å². The van der Waals surface area contributed by atoms with Crippen LogP contribution in [0, 0.1) is 11.8 Å². The number of rotatable bonds is 5. The number of nitrogens with zero attached hydrogens (tertiary/aromatic N) is 1. The van der Waals surface area contributed by atoms with Gasteiger partial charge in [-0.3, -0.25) is 4.90 Å². The lowest BCUT2D eigenvalue weighted by Crippen LogP contribution is -2.46. The Balaban J connectivity index is 1.64. The molecule has 1 heterocycles. The fraction of sp³-hybridized carbons (Fsp3) is 1.00. The van der Waals surface area contributed by atoms with Gasteiger partial charge in [0.15, 0.2) is 0 Å². The molecule has 2 heteroatoms. The maximum atomic E-state index is 3.69. The van der Waals surface area contributed by atoms with Crippen LogP contribution in [0.4, 0.5) is 0 Å². The Bertz CT molecular complexity index is 213. The van der Waals surface area contributed by atoms with E-state index in [4.69, 9.17) is 0 Å². The first-order valence-electron chi connectivity index (χ1n) is 7.16. The van der Waals surface area contributed by atoms with Gasteiger partial charge in [0.05, 0.1) is 0 Å². The normalized spacial score (nSPS) is 33.9. The van der Waals surface area contributed by atoms with Crippen LogP contribution < -0.4 is 5.32 Å². The molecule has 0 aromatic rings. The van der Waals surface area contributed by atoms with E-state index in [1.807, 2.05) is 0 Å². The predicted molar refractivity (Wildman–Crippen MR) is 69.6 cm³/mol. The van der Waals surface area contributed by atoms with Gasteiger partial charge in [0, 0.05) is 25.2 Å². The highest BCUT2D eigenvalue weighted by molar-refractivity contribution is 4.84. The van der Waals surface area contributed by atoms with E-state index in [1.54, 1.807) is 0 Å². The second-order valence-corrected chi connectivity index (χ2v) is 5.98. The highest BCUT2D eigenvalue weighted by Crippen LogP contribution is 2.32. The van der Waals surface area contributed by atoms with Crippen molar-refractivity contribution in [3.05, 3.63) is 0 Å². The Hall–Kier alpha value is -0.0800. The summed E-state index contributed by atoms with van der Waals surface area (Å²) in [5.74, 6) is 1.87. The molecule has 94 valence electrons. The second kappa shape index (κ2) is 5.50. The minimum Gasteiger partial charge on any atom is -0.313 e. The topological polar surface area (TPSA) is 15.3 Å². The van der Waals surface area contributed by atoms with Crippen molar-refractivity contribution in [3.8, 4) is 0 Å². The first kappa shape index (κ1) is 12.4. The molecule has 1 aliphatic carbocycles. The third kappa shape index (κ3) is 3.21. The summed E-state index contributed by atoms with van der Waals surface area (Å²) in [4.78, 5) is 2.67. The number of nitrogens with one attached hydrogen (secondary N) is 1. The molecule has 3 atom stereocenters. The van der Waals surface area contributed by atoms with Crippen molar-refractivity contribution in [2.75, 3.05) is 19.6 Å². The van der Waals surface area contributed by atoms with Crippen molar-refractivity contribution in [3.63, 3.8) is 0 Å². The lowest BCUT2D eigenvalue weighted by molar-refractivity contribution is 0.114. The Kier molecular flexibility index (Phi) is 4.26. The summed E-state index contributed by atoms with van der Waals surface area (Å²) in [5.41, 5.74) is 0. The monoisotopic (exact) mass is 224 g/mol. The number of likely N-dealkylation sites (tertiary alicyclic amines) is 1. The van der Waals surface area contributed by atoms with Gasteiger partial charge in [0.2, 0.25) is 0 Å². The van der Waals surface area contributed by atoms with Gasteiger partial charge >= 0.3 is 0 Å². The number of hydrogen-bond donors (Lipinski definition) is 1. The fourth-order valence-corrected chi connectivity index (χ4v) is 2.94. The van der Waals surface area contributed by atoms with Crippen LogP contribution in [0.5, 0.6) is 0 Å². The molecule has 1 aliphatic heterocycles. The average molecular weight is 224 g/mol. The molecule has 0 amide bonds. The number of hydrogen-bond acceptors (Lipinski definition) is 2. The summed E-state index contributed by atoms with van der Waals surface area (Å²) in [6, 6.07) is 1.53. The van der Waals surface area contributed by atoms with Gasteiger partial charge in [-0.2, -0.15) is 0 Å². The highest BCUT2D eigenvalue weighted by Gasteiger charge is 2.28. The minimum atomic E-state index is 0.748. The van der Waals surface area contributed by atoms with Crippen LogP contribution >= 0.6 is 0 Å². The summed E-state index contributed by atoms with van der Waals surface area (Å²) in [6.07, 6.45) is 5.71. The summed E-state index contributed by atoms with van der Waals surface area (Å²) < 4.78 is 0. The van der Waals surface area contributed by atoms with Gasteiger partial charge in [-0.25, -0.2) is 0 Å². The molecule has 0 radical (unpaired) electrons. The average Bonchev–Trinajstić information content (AvgIpc) is 3.07. The van der Waals surface area contributed by atoms with Crippen LogP contribution in [0.2, 0.25) is 0 Å². The molecule has 3 unspecified atom stereocenters. The summed E-state index contributed by atoms with van der Waals surface area (Å²) in [5, 5.41) is 3.69. The van der Waals surface area contributed by atoms with Gasteiger partial charge in [0.25, 0.3) is 0 Å². The molecule has 0 aromatic heterocycles. The zero-order valence-electron chi connectivity index (χ0n) is 11.2. The maximum Gasteiger partial charge on any atom is 0.0110 e. The van der Waals surface area contributed by atoms with E-state index in [-0.39, 0.29) is 0 Å². The van der Waals surface area contributed by atoms with Crippen LogP contribution in [-0.4, -0.2) is 36.6 Å². The SMILES string of the molecule is CC1CCCN(CCNC(C)C2CC2)C1C. The molecule has 0 aromatic carbocycles. The Morgan fingerprint density at radius 1 is 1.25 bits per heavy atom. The van der Waals surface area contributed by atoms with Crippen molar-refractivity contribution in [1.82, 2.24) is 10.2 Å². The molecule has 0 spiro atoms. The quantitative estimate of drug-likeness (QED) is 0.772. The van der Waals surface area contributed by atoms with E-state index in [0.29, 0.717) is 0 Å². The number of piperidine rings is 1. The molecule has 2 nitrogen and oxygen atoms in total. The lowest BCUT2D eigenvalue weighted by atomic mass is 9.92. The maximum absolute atomic E-state index is 3.69. The largest absolute Gasteiger partial charge is 0.313 e. The standard InChI is InChI=1S/C14H28N2/c1-11-5-4-9-16(13(11)3)10-8-15-12(2)14-6-7-14/h11-15H,4-10H2,1-3H3. The zero-order valence-corrected chi connectivity index (χ0v) is 11.2. The zero-order chi connectivity index (χ0) is 11.5. The van der Waals surface area contributed by atoms with E-state index < -0.39 is 0 Å². The Morgan fingerprint density at radius 2 is 2.00 bits per heavy atom. The lowest BCUT2D eigenvalue weighted by Gasteiger charge is -2.38. The molecule has 1 saturated heterocycles. The van der Waals surface area contributed by atoms with Gasteiger partial charge in [-0.15, -0.1) is 0 Å². The molecule has 0 bridgehead atoms. The molecule has 2 rings (SSSR count). The smallest absolute Gasteiger partial charge is 0.0110 e. The van der Waals surface area contributed by atoms with Crippen molar-refractivity contribution >= 4 is 0 Å². The minimum absolute atomic E-state index is 0.748. The molecule has 1 N–H and O–H groups in total. The van der Waals surface area contributed by atoms with Crippen LogP contribution in [0.25, 0.3) is 0 Å². The Labute approximate surface area is 101 Å². The Morgan fingerprint density at radius 3 is 2.69 bits per heavy atom. The van der Waals surface area contributed by atoms with Crippen LogP contribution in [0.15, 0.2) is 0 Å². The van der Waals surface area contributed by atoms with Crippen LogP contribution in [-0.2, 0) is 0 Å². The molecule has 1 saturated carbocycles. The second-order valence-electron chi connectivity index (χ2n) is 5.98. The van der Waals surface area contributed by atoms with E-state index in [1.165, 1.54) is 45.3 Å². The van der Waals surface area contributed by atoms with E-state index in [2.05, 4.69) is 31.0 Å². The highest BCUT2D eigenvalue weighted by atomic mass is 15.2. The molecule has 2 fully saturated rings. The van der Waals surface area contributed by atoms with E-state index >= 15 is 0 Å². The molecule has 2 aliphatic rings. The van der Waals surface area contributed by atoms with Crippen molar-refractivity contribution in [2.45, 2.75) is 58.5 Å². The van der Waals surface area contributed by atoms with Crippen molar-refractivity contribution in [1.29, 1.82) is 0 Å². The molecule has 16 heavy (non-hydrogen) atoms. The first-order chi connectivity index (χ1) is 7.68. The first-order valence-corrected chi connectivity index (χ1v) is 7.16. The molecular weight excluding hydrogens is 196 g/mol. The predicted octanol–water partition coefficient (Wildman–Crippen LogP) is 2.49. The third-order valence-electron chi connectivity index (χ3n) is 4.70. The van der Waals surface area contributed by atoms with E-state index in [9.17, 15) is 0 Å². The third-order valence-corrected chi connectivity index (χ3v) is 4.70. The van der Waals surface area contributed by atoms with Crippen LogP contribution in [0.3, 0.4) is 0 Å². The summed E-state index contributed by atoms with van der Waals surface area (Å²) in [7, 11) is 0. The molecular formula is C14H28N2. The summed E-state index contributed by atoms with van der Waals surface area (Å²) >= 11 is 0.